The predicted octanol–water partition coefficient (Wildman–Crippen LogP) is 1.04. The summed E-state index contributed by atoms with van der Waals surface area (Å²) < 4.78 is 0. The molecule has 0 bridgehead atoms. The van der Waals surface area contributed by atoms with E-state index in [1.165, 1.54) is 12.3 Å². The fourth-order valence-electron chi connectivity index (χ4n) is 0.522. The Hall–Kier alpha value is -1.09. The van der Waals surface area contributed by atoms with E-state index in [9.17, 15) is 4.79 Å². The Morgan fingerprint density at radius 3 is 2.70 bits per heavy atom. The Kier molecular flexibility index (Phi) is 1.87. The van der Waals surface area contributed by atoms with Crippen LogP contribution in [0.25, 0.3) is 0 Å². The van der Waals surface area contributed by atoms with Crippen molar-refractivity contribution in [1.82, 2.24) is 4.98 Å². The highest BCUT2D eigenvalue weighted by Gasteiger charge is 2.00. The Morgan fingerprint density at radius 1 is 1.60 bits per heavy atom. The number of nitrogens with zero attached hydrogens (tertiary/aromatic N) is 1. The monoisotopic (exact) mass is 156 g/mol. The van der Waals surface area contributed by atoms with Crippen LogP contribution in [0.15, 0.2) is 18.3 Å². The summed E-state index contributed by atoms with van der Waals surface area (Å²) >= 11 is 5.11. The van der Waals surface area contributed by atoms with Gasteiger partial charge in [-0.25, -0.2) is 4.98 Å². The number of aromatic nitrogens is 1. The van der Waals surface area contributed by atoms with Crippen LogP contribution in [-0.4, -0.2) is 10.2 Å². The molecule has 2 N–H and O–H groups in total. The van der Waals surface area contributed by atoms with Gasteiger partial charge in [-0.3, -0.25) is 4.79 Å². The van der Waals surface area contributed by atoms with Crippen molar-refractivity contribution >= 4 is 22.5 Å². The molecular weight excluding hydrogens is 152 g/mol. The first-order valence-corrected chi connectivity index (χ1v) is 2.99. The summed E-state index contributed by atoms with van der Waals surface area (Å²) in [6.07, 6.45) is 1.38. The fourth-order valence-corrected chi connectivity index (χ4v) is 0.633. The summed E-state index contributed by atoms with van der Waals surface area (Å²) in [7, 11) is 0. The standard InChI is InChI=1S/C6H5ClN2O/c7-6(10)5-2-1-4(8)3-9-5/h1-3H,8H2. The average molecular weight is 157 g/mol. The van der Waals surface area contributed by atoms with E-state index in [1.807, 2.05) is 0 Å². The Labute approximate surface area is 62.8 Å². The van der Waals surface area contributed by atoms with Gasteiger partial charge in [-0.1, -0.05) is 0 Å². The van der Waals surface area contributed by atoms with Crippen molar-refractivity contribution in [2.24, 2.45) is 0 Å². The third-order valence-corrected chi connectivity index (χ3v) is 1.18. The molecule has 0 fully saturated rings. The van der Waals surface area contributed by atoms with E-state index < -0.39 is 5.24 Å². The molecule has 0 unspecified atom stereocenters. The normalized spacial score (nSPS) is 9.30. The van der Waals surface area contributed by atoms with Gasteiger partial charge in [-0.2, -0.15) is 0 Å². The number of halogens is 1. The highest BCUT2D eigenvalue weighted by Crippen LogP contribution is 2.02. The van der Waals surface area contributed by atoms with E-state index in [0.29, 0.717) is 5.69 Å². The van der Waals surface area contributed by atoms with Crippen LogP contribution in [0, 0.1) is 0 Å². The van der Waals surface area contributed by atoms with Crippen LogP contribution in [0.3, 0.4) is 0 Å². The summed E-state index contributed by atoms with van der Waals surface area (Å²) in [5.41, 5.74) is 6.04. The topological polar surface area (TPSA) is 56.0 Å². The second-order valence-corrected chi connectivity index (χ2v) is 2.09. The Balaban J connectivity index is 3.00. The van der Waals surface area contributed by atoms with Crippen LogP contribution in [0.4, 0.5) is 5.69 Å². The molecule has 52 valence electrons. The highest BCUT2D eigenvalue weighted by molar-refractivity contribution is 6.67. The molecule has 0 amide bonds. The zero-order valence-corrected chi connectivity index (χ0v) is 5.80. The molecule has 1 aromatic rings. The first kappa shape index (κ1) is 7.02. The number of pyridine rings is 1. The smallest absolute Gasteiger partial charge is 0.270 e. The molecule has 0 spiro atoms. The number of hydrogen-bond donors (Lipinski definition) is 1. The minimum absolute atomic E-state index is 0.218. The predicted molar refractivity (Wildman–Crippen MR) is 38.8 cm³/mol. The van der Waals surface area contributed by atoms with Gasteiger partial charge in [-0.05, 0) is 23.7 Å². The van der Waals surface area contributed by atoms with Crippen LogP contribution >= 0.6 is 11.6 Å². The van der Waals surface area contributed by atoms with Crippen LogP contribution in [0.2, 0.25) is 0 Å². The Bertz CT molecular complexity index is 244. The molecular formula is C6H5ClN2O. The largest absolute Gasteiger partial charge is 0.397 e. The van der Waals surface area contributed by atoms with Crippen LogP contribution in [-0.2, 0) is 0 Å². The maximum atomic E-state index is 10.4. The second kappa shape index (κ2) is 2.66. The maximum Gasteiger partial charge on any atom is 0.270 e. The van der Waals surface area contributed by atoms with E-state index in [1.54, 1.807) is 6.07 Å². The number of nitrogens with two attached hydrogens (primary N) is 1. The number of carbonyl (C=O) groups excluding carboxylic acids is 1. The van der Waals surface area contributed by atoms with Crippen molar-refractivity contribution in [3.8, 4) is 0 Å². The van der Waals surface area contributed by atoms with Gasteiger partial charge in [0.05, 0.1) is 11.9 Å². The lowest BCUT2D eigenvalue weighted by Gasteiger charge is -1.91. The zero-order chi connectivity index (χ0) is 7.56. The molecule has 4 heteroatoms. The molecule has 1 aromatic heterocycles. The first-order valence-electron chi connectivity index (χ1n) is 2.61. The third-order valence-electron chi connectivity index (χ3n) is 0.988. The molecule has 10 heavy (non-hydrogen) atoms. The summed E-state index contributed by atoms with van der Waals surface area (Å²) in [6.45, 7) is 0. The minimum atomic E-state index is -0.569. The van der Waals surface area contributed by atoms with Gasteiger partial charge in [0.15, 0.2) is 0 Å². The van der Waals surface area contributed by atoms with Gasteiger partial charge in [0.2, 0.25) is 0 Å². The van der Waals surface area contributed by atoms with Crippen molar-refractivity contribution in [1.29, 1.82) is 0 Å². The van der Waals surface area contributed by atoms with Gasteiger partial charge < -0.3 is 5.73 Å². The molecule has 3 nitrogen and oxygen atoms in total. The van der Waals surface area contributed by atoms with E-state index in [2.05, 4.69) is 4.98 Å². The van der Waals surface area contributed by atoms with E-state index in [0.717, 1.165) is 0 Å². The molecule has 0 saturated carbocycles. The lowest BCUT2D eigenvalue weighted by Crippen LogP contribution is -1.94. The number of hydrogen-bond acceptors (Lipinski definition) is 3. The number of nitrogen functional groups attached to an aromatic ring is 1. The zero-order valence-electron chi connectivity index (χ0n) is 5.04. The molecule has 0 aromatic carbocycles. The van der Waals surface area contributed by atoms with E-state index in [4.69, 9.17) is 17.3 Å². The first-order chi connectivity index (χ1) is 4.70. The van der Waals surface area contributed by atoms with Gasteiger partial charge in [0.25, 0.3) is 5.24 Å². The lowest BCUT2D eigenvalue weighted by atomic mass is 10.3. The molecule has 0 aliphatic rings. The fraction of sp³-hybridized carbons (Fsp3) is 0. The van der Waals surface area contributed by atoms with E-state index in [-0.39, 0.29) is 5.69 Å². The van der Waals surface area contributed by atoms with Crippen molar-refractivity contribution in [2.45, 2.75) is 0 Å². The number of rotatable bonds is 1. The highest BCUT2D eigenvalue weighted by atomic mass is 35.5. The molecule has 1 rings (SSSR count). The molecule has 0 aliphatic carbocycles. The summed E-state index contributed by atoms with van der Waals surface area (Å²) in [6, 6.07) is 3.05. The van der Waals surface area contributed by atoms with Crippen LogP contribution in [0.5, 0.6) is 0 Å². The van der Waals surface area contributed by atoms with Crippen LogP contribution < -0.4 is 5.73 Å². The summed E-state index contributed by atoms with van der Waals surface area (Å²) in [5.74, 6) is 0. The van der Waals surface area contributed by atoms with Crippen molar-refractivity contribution in [3.05, 3.63) is 24.0 Å². The SMILES string of the molecule is Nc1ccc(C(=O)Cl)nc1. The van der Waals surface area contributed by atoms with Crippen molar-refractivity contribution in [3.63, 3.8) is 0 Å². The lowest BCUT2D eigenvalue weighted by molar-refractivity contribution is 0.107. The summed E-state index contributed by atoms with van der Waals surface area (Å²) in [5, 5.41) is -0.569. The minimum Gasteiger partial charge on any atom is -0.397 e. The number of carbonyl (C=O) groups is 1. The number of anilines is 1. The van der Waals surface area contributed by atoms with E-state index >= 15 is 0 Å². The van der Waals surface area contributed by atoms with Gasteiger partial charge >= 0.3 is 0 Å². The molecule has 1 heterocycles. The second-order valence-electron chi connectivity index (χ2n) is 1.75. The molecule has 0 radical (unpaired) electrons. The maximum absolute atomic E-state index is 10.4. The quantitative estimate of drug-likeness (QED) is 0.619. The molecule has 0 atom stereocenters. The summed E-state index contributed by atoms with van der Waals surface area (Å²) in [4.78, 5) is 14.1. The Morgan fingerprint density at radius 2 is 2.30 bits per heavy atom. The van der Waals surface area contributed by atoms with Gasteiger partial charge in [0.1, 0.15) is 5.69 Å². The van der Waals surface area contributed by atoms with Gasteiger partial charge in [-0.15, -0.1) is 0 Å². The third kappa shape index (κ3) is 1.45. The van der Waals surface area contributed by atoms with Gasteiger partial charge in [0, 0.05) is 0 Å². The van der Waals surface area contributed by atoms with Crippen molar-refractivity contribution < 1.29 is 4.79 Å². The van der Waals surface area contributed by atoms with Crippen LogP contribution in [0.1, 0.15) is 10.5 Å². The van der Waals surface area contributed by atoms with Crippen molar-refractivity contribution in [2.75, 3.05) is 5.73 Å². The average Bonchev–Trinajstić information content (AvgIpc) is 1.88. The molecule has 0 aliphatic heterocycles. The molecule has 0 saturated heterocycles.